The number of ether oxygens (including phenoxy) is 1. The lowest BCUT2D eigenvalue weighted by Gasteiger charge is -2.40. The number of rotatable bonds is 15. The number of fused-ring (bicyclic) bond motifs is 27. The second kappa shape index (κ2) is 32.5. The molecule has 13 atom stereocenters. The molecule has 1 aromatic heterocycles. The van der Waals surface area contributed by atoms with Gasteiger partial charge in [-0.25, -0.2) is 4.79 Å². The molecular formula is C66H108N14O12. The molecule has 1 aromatic rings. The van der Waals surface area contributed by atoms with Crippen molar-refractivity contribution in [1.29, 1.82) is 0 Å². The maximum absolute atomic E-state index is 15.7. The molecule has 4 bridgehead atoms. The number of likely N-dealkylation sites (N-methyl/N-ethyl adjacent to an activating group) is 7. The minimum absolute atomic E-state index is 0.0716. The van der Waals surface area contributed by atoms with Crippen LogP contribution in [0.15, 0.2) is 29.5 Å². The third-order valence-electron chi connectivity index (χ3n) is 18.7. The average Bonchev–Trinajstić information content (AvgIpc) is 1.59. The first kappa shape index (κ1) is 75.5. The van der Waals surface area contributed by atoms with E-state index in [4.69, 9.17) is 9.73 Å². The summed E-state index contributed by atoms with van der Waals surface area (Å²) in [5.41, 5.74) is 1.01. The summed E-state index contributed by atoms with van der Waals surface area (Å²) in [4.78, 5) is 185. The highest BCUT2D eigenvalue weighted by molar-refractivity contribution is 6.02. The van der Waals surface area contributed by atoms with Gasteiger partial charge in [0.15, 0.2) is 0 Å². The van der Waals surface area contributed by atoms with E-state index in [1.54, 1.807) is 40.1 Å². The van der Waals surface area contributed by atoms with E-state index in [1.165, 1.54) is 97.5 Å². The van der Waals surface area contributed by atoms with Gasteiger partial charge >= 0.3 is 6.03 Å². The van der Waals surface area contributed by atoms with E-state index >= 15 is 24.0 Å². The SMILES string of the molecule is CCC1C(=O)N(C)[C@H](C)C(=O)N(C)[C@@H](CC(C)C)C(=O)N[C@H](C(C)C)C(=O)N(C)C(CC(C)C)C(=O)N[C@H](C)C(=O)NC(=O)N(C)[C@H](CC(C)C)C(=O)N(C)C(CC(C)C)C(=O)N(C)[C@@H]2C(=O)N(C)[C@@H]3C(=O)N1[C@H](CC1=NCCN1CCc1cccnc1)[C@H]3OC2C. The Balaban J connectivity index is 1.67. The van der Waals surface area contributed by atoms with Gasteiger partial charge in [0.25, 0.3) is 0 Å². The Morgan fingerprint density at radius 1 is 0.554 bits per heavy atom. The number of amides is 12. The molecule has 4 fully saturated rings. The first-order chi connectivity index (χ1) is 43.0. The monoisotopic (exact) mass is 1290 g/mol. The molecular weight excluding hydrogens is 1180 g/mol. The van der Waals surface area contributed by atoms with Crippen molar-refractivity contribution in [1.82, 2.24) is 65.0 Å². The molecule has 6 rings (SSSR count). The Bertz CT molecular complexity index is 2850. The van der Waals surface area contributed by atoms with Gasteiger partial charge in [-0.2, -0.15) is 0 Å². The van der Waals surface area contributed by atoms with Gasteiger partial charge in [0.2, 0.25) is 59.1 Å². The predicted octanol–water partition coefficient (Wildman–Crippen LogP) is 2.87. The van der Waals surface area contributed by atoms with Crippen LogP contribution in [0, 0.1) is 29.6 Å². The van der Waals surface area contributed by atoms with Crippen LogP contribution in [-0.2, 0) is 59.1 Å². The van der Waals surface area contributed by atoms with Crippen LogP contribution < -0.4 is 16.0 Å². The highest BCUT2D eigenvalue weighted by Crippen LogP contribution is 2.37. The maximum Gasteiger partial charge on any atom is 0.324 e. The lowest BCUT2D eigenvalue weighted by Crippen LogP contribution is -2.62. The normalized spacial score (nSPS) is 29.0. The molecule has 5 aliphatic heterocycles. The first-order valence-corrected chi connectivity index (χ1v) is 32.9. The Labute approximate surface area is 545 Å². The first-order valence-electron chi connectivity index (χ1n) is 32.9. The van der Waals surface area contributed by atoms with Crippen molar-refractivity contribution in [2.75, 3.05) is 69.0 Å². The van der Waals surface area contributed by atoms with Gasteiger partial charge in [-0.1, -0.05) is 82.2 Å². The zero-order chi connectivity index (χ0) is 69.2. The number of aliphatic imine (C=N–C) groups is 1. The zero-order valence-electron chi connectivity index (χ0n) is 58.6. The molecule has 26 heteroatoms. The standard InChI is InChI=1S/C66H108N14O12/c1-22-45-60(85)72(15)42(13)59(84)73(16)48(31-37(4)5)58(83)70-52(40(10)11)63(88)74(17)47(30-36(2)3)57(82)69-41(12)56(81)71-66(91)76(19)50(33-39(8)9)61(86)75(18)49(32-38(6)7)62(87)77(20)53-43(14)92-55-46(80(45)65(90)54(55)78(21)64(53)89)34-51-68-27-29-79(51)28-25-44-24-23-26-67-35-44/h23-24,26,35-43,45-50,52-55H,22,25,27-34H2,1-21H3,(H,69,82)(H,70,83)(H,71,81,91)/t41-,42-,43?,45?,46-,47?,48+,49?,50-,52-,53+,54+,55-/m1/s1. The van der Waals surface area contributed by atoms with Crippen molar-refractivity contribution >= 4 is 70.9 Å². The van der Waals surface area contributed by atoms with Crippen molar-refractivity contribution < 1.29 is 57.5 Å². The van der Waals surface area contributed by atoms with Gasteiger partial charge in [0.05, 0.1) is 18.7 Å². The molecule has 514 valence electrons. The molecule has 6 heterocycles. The van der Waals surface area contributed by atoms with E-state index in [0.29, 0.717) is 31.9 Å². The number of carbonyl (C=O) groups is 11. The van der Waals surface area contributed by atoms with E-state index in [1.807, 2.05) is 67.5 Å². The van der Waals surface area contributed by atoms with E-state index in [2.05, 4.69) is 25.8 Å². The minimum atomic E-state index is -1.34. The summed E-state index contributed by atoms with van der Waals surface area (Å²) in [6, 6.07) is -10.4. The van der Waals surface area contributed by atoms with Crippen LogP contribution in [0.5, 0.6) is 0 Å². The summed E-state index contributed by atoms with van der Waals surface area (Å²) < 4.78 is 7.01. The molecule has 5 aliphatic rings. The molecule has 4 unspecified atom stereocenters. The fraction of sp³-hybridized carbons (Fsp3) is 0.742. The summed E-state index contributed by atoms with van der Waals surface area (Å²) >= 11 is 0. The van der Waals surface area contributed by atoms with Crippen molar-refractivity contribution in [3.05, 3.63) is 30.1 Å². The Kier molecular flexibility index (Phi) is 26.7. The minimum Gasteiger partial charge on any atom is -0.368 e. The van der Waals surface area contributed by atoms with Gasteiger partial charge in [0, 0.05) is 81.2 Å². The lowest BCUT2D eigenvalue weighted by molar-refractivity contribution is -0.156. The number of amidine groups is 1. The van der Waals surface area contributed by atoms with E-state index in [9.17, 15) is 28.8 Å². The average molecular weight is 1290 g/mol. The molecule has 0 aromatic carbocycles. The number of hydrogen-bond donors (Lipinski definition) is 3. The van der Waals surface area contributed by atoms with Gasteiger partial charge in [-0.3, -0.25) is 63.2 Å². The second-order valence-electron chi connectivity index (χ2n) is 27.9. The van der Waals surface area contributed by atoms with Crippen LogP contribution in [0.2, 0.25) is 0 Å². The summed E-state index contributed by atoms with van der Waals surface area (Å²) in [5, 5.41) is 7.89. The van der Waals surface area contributed by atoms with Crippen LogP contribution in [0.1, 0.15) is 141 Å². The van der Waals surface area contributed by atoms with Crippen molar-refractivity contribution in [2.45, 2.75) is 221 Å². The van der Waals surface area contributed by atoms with Crippen LogP contribution in [0.3, 0.4) is 0 Å². The van der Waals surface area contributed by atoms with E-state index in [-0.39, 0.29) is 62.2 Å². The fourth-order valence-electron chi connectivity index (χ4n) is 13.0. The smallest absolute Gasteiger partial charge is 0.324 e. The van der Waals surface area contributed by atoms with Gasteiger partial charge in [0.1, 0.15) is 72.4 Å². The van der Waals surface area contributed by atoms with Gasteiger partial charge in [-0.05, 0) is 101 Å². The number of hydrogen-bond acceptors (Lipinski definition) is 15. The number of nitrogens with zero attached hydrogens (tertiary/aromatic N) is 11. The Morgan fingerprint density at radius 2 is 1.05 bits per heavy atom. The molecule has 3 N–H and O–H groups in total. The third kappa shape index (κ3) is 17.5. The molecule has 26 nitrogen and oxygen atoms in total. The summed E-state index contributed by atoms with van der Waals surface area (Å²) in [6.07, 6.45) is 2.65. The van der Waals surface area contributed by atoms with Crippen molar-refractivity contribution in [3.63, 3.8) is 0 Å². The molecule has 12 amide bonds. The number of aromatic nitrogens is 1. The predicted molar refractivity (Wildman–Crippen MR) is 348 cm³/mol. The van der Waals surface area contributed by atoms with Crippen LogP contribution in [-0.4, -0.2) is 268 Å². The molecule has 4 saturated heterocycles. The quantitative estimate of drug-likeness (QED) is 0.213. The summed E-state index contributed by atoms with van der Waals surface area (Å²) in [7, 11) is 10.1. The van der Waals surface area contributed by atoms with Crippen LogP contribution in [0.4, 0.5) is 4.79 Å². The van der Waals surface area contributed by atoms with Gasteiger partial charge < -0.3 is 59.5 Å². The highest BCUT2D eigenvalue weighted by Gasteiger charge is 2.59. The molecule has 0 spiro atoms. The zero-order valence-corrected chi connectivity index (χ0v) is 58.6. The third-order valence-corrected chi connectivity index (χ3v) is 18.7. The number of nitrogens with one attached hydrogen (secondary N) is 3. The largest absolute Gasteiger partial charge is 0.368 e. The Morgan fingerprint density at radius 3 is 1.59 bits per heavy atom. The van der Waals surface area contributed by atoms with Crippen molar-refractivity contribution in [3.8, 4) is 0 Å². The number of pyridine rings is 1. The molecule has 92 heavy (non-hydrogen) atoms. The molecule has 0 saturated carbocycles. The Hall–Kier alpha value is -7.25. The number of carbonyl (C=O) groups excluding carboxylic acids is 11. The summed E-state index contributed by atoms with van der Waals surface area (Å²) in [5.74, 6) is -7.13. The molecule has 0 aliphatic carbocycles. The second-order valence-corrected chi connectivity index (χ2v) is 27.9. The van der Waals surface area contributed by atoms with Gasteiger partial charge in [-0.15, -0.1) is 0 Å². The topological polar surface area (TPSA) is 288 Å². The highest BCUT2D eigenvalue weighted by atomic mass is 16.5. The lowest BCUT2D eigenvalue weighted by atomic mass is 9.96. The summed E-state index contributed by atoms with van der Waals surface area (Å²) in [6.45, 7) is 26.3. The van der Waals surface area contributed by atoms with E-state index in [0.717, 1.165) is 10.5 Å². The maximum atomic E-state index is 15.7. The fourth-order valence-corrected chi connectivity index (χ4v) is 13.0. The van der Waals surface area contributed by atoms with Crippen LogP contribution in [0.25, 0.3) is 0 Å². The number of imide groups is 1. The van der Waals surface area contributed by atoms with Crippen molar-refractivity contribution in [2.24, 2.45) is 34.6 Å². The van der Waals surface area contributed by atoms with E-state index < -0.39 is 150 Å². The van der Waals surface area contributed by atoms with Crippen LogP contribution >= 0.6 is 0 Å². The molecule has 0 radical (unpaired) electrons. The number of urea groups is 1.